The molecule has 0 radical (unpaired) electrons. The van der Waals surface area contributed by atoms with Gasteiger partial charge in [-0.15, -0.1) is 12.4 Å². The lowest BCUT2D eigenvalue weighted by molar-refractivity contribution is 0.0293. The molecule has 1 atom stereocenters. The number of hydrogen-bond acceptors (Lipinski definition) is 4. The van der Waals surface area contributed by atoms with Crippen molar-refractivity contribution in [3.05, 3.63) is 29.3 Å². The van der Waals surface area contributed by atoms with Gasteiger partial charge >= 0.3 is 0 Å². The zero-order chi connectivity index (χ0) is 14.8. The number of nitrogens with one attached hydrogen (secondary N) is 1. The zero-order valence-electron chi connectivity index (χ0n) is 13.1. The summed E-state index contributed by atoms with van der Waals surface area (Å²) in [6, 6.07) is 5.74. The summed E-state index contributed by atoms with van der Waals surface area (Å²) in [5.74, 6) is 0.320. The van der Waals surface area contributed by atoms with Crippen molar-refractivity contribution >= 4 is 12.4 Å². The molecule has 1 aromatic rings. The van der Waals surface area contributed by atoms with Gasteiger partial charge in [0.15, 0.2) is 0 Å². The third kappa shape index (κ3) is 4.10. The number of phenols is 1. The van der Waals surface area contributed by atoms with Gasteiger partial charge in [-0.3, -0.25) is 4.90 Å². The molecule has 1 aliphatic rings. The lowest BCUT2D eigenvalue weighted by Gasteiger charge is -2.43. The Labute approximate surface area is 133 Å². The second kappa shape index (κ2) is 7.45. The lowest BCUT2D eigenvalue weighted by Crippen LogP contribution is -2.49. The lowest BCUT2D eigenvalue weighted by atomic mass is 9.79. The smallest absolute Gasteiger partial charge is 0.120 e. The van der Waals surface area contributed by atoms with Gasteiger partial charge in [0.2, 0.25) is 0 Å². The van der Waals surface area contributed by atoms with Crippen molar-refractivity contribution in [2.24, 2.45) is 5.41 Å². The maximum atomic E-state index is 10.3. The number of rotatable bonds is 4. The molecule has 1 heterocycles. The first-order valence-corrected chi connectivity index (χ1v) is 7.31. The van der Waals surface area contributed by atoms with Crippen molar-refractivity contribution in [3.8, 4) is 5.75 Å². The summed E-state index contributed by atoms with van der Waals surface area (Å²) in [6.45, 7) is 10.00. The number of phenolic OH excluding ortho intramolecular Hbond substituents is 1. The molecule has 5 heteroatoms. The van der Waals surface area contributed by atoms with Crippen LogP contribution < -0.4 is 5.32 Å². The highest BCUT2D eigenvalue weighted by atomic mass is 35.5. The van der Waals surface area contributed by atoms with Crippen LogP contribution in [0.2, 0.25) is 0 Å². The van der Waals surface area contributed by atoms with Crippen molar-refractivity contribution in [3.63, 3.8) is 0 Å². The number of aromatic hydroxyl groups is 1. The third-order valence-electron chi connectivity index (χ3n) is 4.14. The van der Waals surface area contributed by atoms with Crippen molar-refractivity contribution in [1.29, 1.82) is 0 Å². The summed E-state index contributed by atoms with van der Waals surface area (Å²) >= 11 is 0. The van der Waals surface area contributed by atoms with Gasteiger partial charge in [0.05, 0.1) is 0 Å². The first-order valence-electron chi connectivity index (χ1n) is 7.31. The van der Waals surface area contributed by atoms with E-state index in [4.69, 9.17) is 0 Å². The van der Waals surface area contributed by atoms with E-state index >= 15 is 0 Å². The summed E-state index contributed by atoms with van der Waals surface area (Å²) in [5.41, 5.74) is 1.75. The normalized spacial score (nSPS) is 18.1. The third-order valence-corrected chi connectivity index (χ3v) is 4.14. The van der Waals surface area contributed by atoms with E-state index in [-0.39, 0.29) is 30.5 Å². The summed E-state index contributed by atoms with van der Waals surface area (Å²) in [5, 5.41) is 23.4. The predicted octanol–water partition coefficient (Wildman–Crippen LogP) is 2.09. The molecule has 0 aliphatic carbocycles. The number of piperazine rings is 1. The van der Waals surface area contributed by atoms with Crippen LogP contribution in [0.3, 0.4) is 0 Å². The quantitative estimate of drug-likeness (QED) is 0.796. The number of halogens is 1. The van der Waals surface area contributed by atoms with Gasteiger partial charge in [-0.2, -0.15) is 0 Å². The standard InChI is InChI=1S/C16H26N2O2.ClH/c1-12-4-5-14(20)13(10-12)15(16(2,3)11-19)18-8-6-17-7-9-18;/h4-5,10,15,17,19-20H,6-9,11H2,1-3H3;1H/t15-;/m0./s1. The molecule has 0 unspecified atom stereocenters. The minimum Gasteiger partial charge on any atom is -0.508 e. The number of aliphatic hydroxyl groups excluding tert-OH is 1. The second-order valence-corrected chi connectivity index (χ2v) is 6.40. The van der Waals surface area contributed by atoms with Crippen LogP contribution in [0.5, 0.6) is 5.75 Å². The minimum absolute atomic E-state index is 0. The number of nitrogens with zero attached hydrogens (tertiary/aromatic N) is 1. The molecule has 120 valence electrons. The Kier molecular flexibility index (Phi) is 6.47. The molecule has 0 bridgehead atoms. The van der Waals surface area contributed by atoms with Gasteiger partial charge < -0.3 is 15.5 Å². The molecule has 1 aromatic carbocycles. The Morgan fingerprint density at radius 1 is 1.29 bits per heavy atom. The molecule has 2 rings (SSSR count). The minimum atomic E-state index is -0.303. The van der Waals surface area contributed by atoms with E-state index in [1.807, 2.05) is 19.1 Å². The molecule has 0 spiro atoms. The molecule has 21 heavy (non-hydrogen) atoms. The van der Waals surface area contributed by atoms with Gasteiger partial charge in [0.25, 0.3) is 0 Å². The first-order chi connectivity index (χ1) is 9.45. The van der Waals surface area contributed by atoms with Gasteiger partial charge in [-0.25, -0.2) is 0 Å². The van der Waals surface area contributed by atoms with Gasteiger partial charge in [0, 0.05) is 49.8 Å². The predicted molar refractivity (Wildman–Crippen MR) is 88.1 cm³/mol. The molecule has 0 saturated carbocycles. The summed E-state index contributed by atoms with van der Waals surface area (Å²) in [4.78, 5) is 2.36. The Morgan fingerprint density at radius 2 is 1.90 bits per heavy atom. The highest BCUT2D eigenvalue weighted by molar-refractivity contribution is 5.85. The van der Waals surface area contributed by atoms with Crippen LogP contribution in [0.1, 0.15) is 31.0 Å². The number of aryl methyl sites for hydroxylation is 1. The Bertz CT molecular complexity index is 460. The number of benzene rings is 1. The monoisotopic (exact) mass is 314 g/mol. The van der Waals surface area contributed by atoms with Gasteiger partial charge in [-0.1, -0.05) is 31.5 Å². The van der Waals surface area contributed by atoms with Gasteiger partial charge in [0.1, 0.15) is 5.75 Å². The Balaban J connectivity index is 0.00000220. The van der Waals surface area contributed by atoms with E-state index in [1.165, 1.54) is 0 Å². The van der Waals surface area contributed by atoms with E-state index in [9.17, 15) is 10.2 Å². The van der Waals surface area contributed by atoms with Gasteiger partial charge in [-0.05, 0) is 13.0 Å². The highest BCUT2D eigenvalue weighted by Crippen LogP contribution is 2.42. The molecule has 0 amide bonds. The van der Waals surface area contributed by atoms with Crippen LogP contribution in [-0.4, -0.2) is 47.9 Å². The van der Waals surface area contributed by atoms with Crippen molar-refractivity contribution in [1.82, 2.24) is 10.2 Å². The number of aliphatic hydroxyl groups is 1. The fourth-order valence-electron chi connectivity index (χ4n) is 3.03. The van der Waals surface area contributed by atoms with Crippen molar-refractivity contribution < 1.29 is 10.2 Å². The second-order valence-electron chi connectivity index (χ2n) is 6.40. The van der Waals surface area contributed by atoms with Crippen LogP contribution in [0, 0.1) is 12.3 Å². The number of hydrogen-bond donors (Lipinski definition) is 3. The van der Waals surface area contributed by atoms with Crippen LogP contribution in [-0.2, 0) is 0 Å². The van der Waals surface area contributed by atoms with E-state index in [2.05, 4.69) is 24.1 Å². The maximum Gasteiger partial charge on any atom is 0.120 e. The van der Waals surface area contributed by atoms with E-state index in [0.717, 1.165) is 37.3 Å². The van der Waals surface area contributed by atoms with Crippen molar-refractivity contribution in [2.75, 3.05) is 32.8 Å². The molecule has 3 N–H and O–H groups in total. The fraction of sp³-hybridized carbons (Fsp3) is 0.625. The van der Waals surface area contributed by atoms with E-state index in [1.54, 1.807) is 6.07 Å². The molecule has 0 aromatic heterocycles. The average molecular weight is 315 g/mol. The first kappa shape index (κ1) is 18.2. The maximum absolute atomic E-state index is 10.3. The highest BCUT2D eigenvalue weighted by Gasteiger charge is 2.37. The van der Waals surface area contributed by atoms with Crippen LogP contribution >= 0.6 is 12.4 Å². The zero-order valence-corrected chi connectivity index (χ0v) is 13.9. The topological polar surface area (TPSA) is 55.7 Å². The van der Waals surface area contributed by atoms with E-state index in [0.29, 0.717) is 5.75 Å². The summed E-state index contributed by atoms with van der Waals surface area (Å²) < 4.78 is 0. The molecule has 1 aliphatic heterocycles. The summed E-state index contributed by atoms with van der Waals surface area (Å²) in [6.07, 6.45) is 0. The average Bonchev–Trinajstić information content (AvgIpc) is 2.44. The van der Waals surface area contributed by atoms with Crippen molar-refractivity contribution in [2.45, 2.75) is 26.8 Å². The molecular formula is C16H27ClN2O2. The van der Waals surface area contributed by atoms with Crippen LogP contribution in [0.15, 0.2) is 18.2 Å². The molecular weight excluding hydrogens is 288 g/mol. The fourth-order valence-corrected chi connectivity index (χ4v) is 3.03. The Morgan fingerprint density at radius 3 is 2.48 bits per heavy atom. The van der Waals surface area contributed by atoms with E-state index < -0.39 is 0 Å². The van der Waals surface area contributed by atoms with Crippen LogP contribution in [0.4, 0.5) is 0 Å². The molecule has 1 fully saturated rings. The summed E-state index contributed by atoms with van der Waals surface area (Å²) in [7, 11) is 0. The molecule has 1 saturated heterocycles. The SMILES string of the molecule is Cc1ccc(O)c([C@H](N2CCNCC2)C(C)(C)CO)c1.Cl. The largest absolute Gasteiger partial charge is 0.508 e. The molecule has 4 nitrogen and oxygen atoms in total. The van der Waals surface area contributed by atoms with Crippen LogP contribution in [0.25, 0.3) is 0 Å². The Hall–Kier alpha value is -0.810.